The molecule has 4 nitrogen and oxygen atoms in total. The summed E-state index contributed by atoms with van der Waals surface area (Å²) in [5, 5.41) is 12.4. The van der Waals surface area contributed by atoms with Gasteiger partial charge >= 0.3 is 0 Å². The fraction of sp³-hybridized carbons (Fsp3) is 0.133. The molecule has 0 atom stereocenters. The van der Waals surface area contributed by atoms with Crippen LogP contribution in [0, 0.1) is 18.3 Å². The highest BCUT2D eigenvalue weighted by atomic mass is 35.5. The monoisotopic (exact) mass is 285 g/mol. The lowest BCUT2D eigenvalue weighted by Gasteiger charge is -2.09. The summed E-state index contributed by atoms with van der Waals surface area (Å²) in [5.41, 5.74) is 2.77. The van der Waals surface area contributed by atoms with E-state index in [9.17, 15) is 10.1 Å². The molecule has 20 heavy (non-hydrogen) atoms. The number of hydrogen-bond donors (Lipinski definition) is 1. The summed E-state index contributed by atoms with van der Waals surface area (Å²) in [6, 6.07) is 10.9. The van der Waals surface area contributed by atoms with Crippen LogP contribution in [0.5, 0.6) is 0 Å². The molecule has 0 aliphatic rings. The second-order valence-corrected chi connectivity index (χ2v) is 4.65. The average Bonchev–Trinajstić information content (AvgIpc) is 2.46. The molecule has 0 saturated carbocycles. The fourth-order valence-corrected chi connectivity index (χ4v) is 2.04. The number of hydrogen-bond acceptors (Lipinski definition) is 3. The maximum Gasteiger partial charge on any atom is 0.269 e. The SMILES string of the molecule is CNC(=O)c1cc(-c2ccc(Cl)cc2)c(C#N)c(C)n1. The quantitative estimate of drug-likeness (QED) is 0.922. The summed E-state index contributed by atoms with van der Waals surface area (Å²) in [6.07, 6.45) is 0. The van der Waals surface area contributed by atoms with Gasteiger partial charge in [0.2, 0.25) is 0 Å². The maximum atomic E-state index is 11.7. The highest BCUT2D eigenvalue weighted by Crippen LogP contribution is 2.27. The van der Waals surface area contributed by atoms with Gasteiger partial charge in [0.15, 0.2) is 0 Å². The minimum absolute atomic E-state index is 0.284. The Morgan fingerprint density at radius 3 is 2.55 bits per heavy atom. The van der Waals surface area contributed by atoms with Crippen LogP contribution in [0.25, 0.3) is 11.1 Å². The lowest BCUT2D eigenvalue weighted by molar-refractivity contribution is 0.0958. The molecule has 1 aromatic heterocycles. The molecule has 5 heteroatoms. The molecule has 2 rings (SSSR count). The van der Waals surface area contributed by atoms with Crippen LogP contribution >= 0.6 is 11.6 Å². The number of benzene rings is 1. The molecule has 0 fully saturated rings. The van der Waals surface area contributed by atoms with Crippen LogP contribution in [-0.4, -0.2) is 17.9 Å². The molecule has 1 amide bonds. The number of amides is 1. The molecule has 100 valence electrons. The molecule has 0 radical (unpaired) electrons. The van der Waals surface area contributed by atoms with Crippen LogP contribution in [0.3, 0.4) is 0 Å². The van der Waals surface area contributed by atoms with Crippen LogP contribution in [0.4, 0.5) is 0 Å². The first-order valence-electron chi connectivity index (χ1n) is 5.96. The van der Waals surface area contributed by atoms with Crippen LogP contribution in [0.2, 0.25) is 5.02 Å². The topological polar surface area (TPSA) is 65.8 Å². The Bertz CT molecular complexity index is 702. The first-order valence-corrected chi connectivity index (χ1v) is 6.34. The average molecular weight is 286 g/mol. The number of halogens is 1. The van der Waals surface area contributed by atoms with Gasteiger partial charge in [-0.15, -0.1) is 0 Å². The predicted octanol–water partition coefficient (Wildman–Crippen LogP) is 2.94. The third kappa shape index (κ3) is 2.63. The zero-order valence-corrected chi connectivity index (χ0v) is 11.8. The second kappa shape index (κ2) is 5.72. The van der Waals surface area contributed by atoms with Crippen LogP contribution in [0.1, 0.15) is 21.7 Å². The van der Waals surface area contributed by atoms with E-state index in [0.29, 0.717) is 21.8 Å². The molecule has 1 heterocycles. The summed E-state index contributed by atoms with van der Waals surface area (Å²) >= 11 is 5.87. The molecule has 0 saturated heterocycles. The summed E-state index contributed by atoms with van der Waals surface area (Å²) in [4.78, 5) is 15.9. The number of nitriles is 1. The van der Waals surface area contributed by atoms with Gasteiger partial charge in [0.25, 0.3) is 5.91 Å². The van der Waals surface area contributed by atoms with Gasteiger partial charge in [-0.1, -0.05) is 23.7 Å². The van der Waals surface area contributed by atoms with E-state index < -0.39 is 0 Å². The third-order valence-electron chi connectivity index (χ3n) is 2.93. The van der Waals surface area contributed by atoms with Crippen LogP contribution < -0.4 is 5.32 Å². The summed E-state index contributed by atoms with van der Waals surface area (Å²) in [5.74, 6) is -0.284. The number of carbonyl (C=O) groups excluding carboxylic acids is 1. The van der Waals surface area contributed by atoms with E-state index in [4.69, 9.17) is 11.6 Å². The second-order valence-electron chi connectivity index (χ2n) is 4.21. The number of pyridine rings is 1. The van der Waals surface area contributed by atoms with Gasteiger partial charge in [0.05, 0.1) is 11.3 Å². The molecule has 1 N–H and O–H groups in total. The van der Waals surface area contributed by atoms with E-state index >= 15 is 0 Å². The van der Waals surface area contributed by atoms with Crippen molar-refractivity contribution in [1.82, 2.24) is 10.3 Å². The normalized spacial score (nSPS) is 9.90. The van der Waals surface area contributed by atoms with Gasteiger partial charge in [-0.3, -0.25) is 4.79 Å². The van der Waals surface area contributed by atoms with Crippen molar-refractivity contribution in [3.8, 4) is 17.2 Å². The number of nitrogens with zero attached hydrogens (tertiary/aromatic N) is 2. The molecular formula is C15H12ClN3O. The van der Waals surface area contributed by atoms with E-state index in [0.717, 1.165) is 5.56 Å². The molecule has 0 bridgehead atoms. The zero-order valence-electron chi connectivity index (χ0n) is 11.1. The Hall–Kier alpha value is -2.38. The van der Waals surface area contributed by atoms with Gasteiger partial charge < -0.3 is 5.32 Å². The first kappa shape index (κ1) is 14.0. The minimum Gasteiger partial charge on any atom is -0.354 e. The molecule has 2 aromatic rings. The number of aromatic nitrogens is 1. The van der Waals surface area contributed by atoms with Crippen molar-refractivity contribution in [3.63, 3.8) is 0 Å². The van der Waals surface area contributed by atoms with E-state index in [1.165, 1.54) is 0 Å². The maximum absolute atomic E-state index is 11.7. The standard InChI is InChI=1S/C15H12ClN3O/c1-9-13(8-17)12(7-14(19-9)15(20)18-2)10-3-5-11(16)6-4-10/h3-7H,1-2H3,(H,18,20). The van der Waals surface area contributed by atoms with Crippen molar-refractivity contribution in [2.45, 2.75) is 6.92 Å². The molecule has 0 aliphatic carbocycles. The van der Waals surface area contributed by atoms with Crippen LogP contribution in [0.15, 0.2) is 30.3 Å². The van der Waals surface area contributed by atoms with Crippen molar-refractivity contribution in [2.75, 3.05) is 7.05 Å². The number of carbonyl (C=O) groups is 1. The lowest BCUT2D eigenvalue weighted by Crippen LogP contribution is -2.20. The van der Waals surface area contributed by atoms with E-state index in [1.807, 2.05) is 12.1 Å². The van der Waals surface area contributed by atoms with E-state index in [-0.39, 0.29) is 11.6 Å². The van der Waals surface area contributed by atoms with Crippen molar-refractivity contribution >= 4 is 17.5 Å². The van der Waals surface area contributed by atoms with Crippen molar-refractivity contribution in [2.24, 2.45) is 0 Å². The Morgan fingerprint density at radius 1 is 1.35 bits per heavy atom. The van der Waals surface area contributed by atoms with E-state index in [1.54, 1.807) is 32.2 Å². The Kier molecular flexibility index (Phi) is 4.02. The summed E-state index contributed by atoms with van der Waals surface area (Å²) in [7, 11) is 1.54. The Morgan fingerprint density at radius 2 is 2.00 bits per heavy atom. The van der Waals surface area contributed by atoms with E-state index in [2.05, 4.69) is 16.4 Å². The number of aryl methyl sites for hydroxylation is 1. The molecule has 0 spiro atoms. The van der Waals surface area contributed by atoms with Crippen molar-refractivity contribution in [1.29, 1.82) is 5.26 Å². The van der Waals surface area contributed by atoms with Gasteiger partial charge in [0.1, 0.15) is 11.8 Å². The van der Waals surface area contributed by atoms with Gasteiger partial charge in [-0.05, 0) is 30.7 Å². The molecular weight excluding hydrogens is 274 g/mol. The van der Waals surface area contributed by atoms with Crippen molar-refractivity contribution in [3.05, 3.63) is 52.3 Å². The summed E-state index contributed by atoms with van der Waals surface area (Å²) in [6.45, 7) is 1.71. The largest absolute Gasteiger partial charge is 0.354 e. The smallest absolute Gasteiger partial charge is 0.269 e. The highest BCUT2D eigenvalue weighted by Gasteiger charge is 2.14. The lowest BCUT2D eigenvalue weighted by atomic mass is 9.99. The molecule has 0 unspecified atom stereocenters. The predicted molar refractivity (Wildman–Crippen MR) is 77.5 cm³/mol. The highest BCUT2D eigenvalue weighted by molar-refractivity contribution is 6.30. The number of rotatable bonds is 2. The fourth-order valence-electron chi connectivity index (χ4n) is 1.92. The first-order chi connectivity index (χ1) is 9.56. The third-order valence-corrected chi connectivity index (χ3v) is 3.18. The minimum atomic E-state index is -0.284. The van der Waals surface area contributed by atoms with Gasteiger partial charge in [-0.2, -0.15) is 5.26 Å². The summed E-state index contributed by atoms with van der Waals surface area (Å²) < 4.78 is 0. The van der Waals surface area contributed by atoms with Gasteiger partial charge in [-0.25, -0.2) is 4.98 Å². The number of nitrogens with one attached hydrogen (secondary N) is 1. The Labute approximate surface area is 122 Å². The molecule has 1 aromatic carbocycles. The van der Waals surface area contributed by atoms with Gasteiger partial charge in [0, 0.05) is 17.6 Å². The Balaban J connectivity index is 2.66. The van der Waals surface area contributed by atoms with Crippen LogP contribution in [-0.2, 0) is 0 Å². The zero-order chi connectivity index (χ0) is 14.7. The molecule has 0 aliphatic heterocycles. The van der Waals surface area contributed by atoms with Crippen molar-refractivity contribution < 1.29 is 4.79 Å².